The molecule has 1 atom stereocenters. The molecule has 0 fully saturated rings. The van der Waals surface area contributed by atoms with Crippen LogP contribution in [0.15, 0.2) is 0 Å². The number of aliphatic carboxylic acids is 1. The van der Waals surface area contributed by atoms with Gasteiger partial charge in [-0.25, -0.2) is 9.97 Å². The molecule has 0 saturated carbocycles. The lowest BCUT2D eigenvalue weighted by molar-refractivity contribution is -0.141. The fraction of sp³-hybridized carbons (Fsp3) is 0.643. The summed E-state index contributed by atoms with van der Waals surface area (Å²) in [6.45, 7) is 7.74. The maximum atomic E-state index is 10.9. The zero-order valence-electron chi connectivity index (χ0n) is 12.1. The van der Waals surface area contributed by atoms with Crippen molar-refractivity contribution in [3.8, 4) is 0 Å². The average Bonchev–Trinajstić information content (AvgIpc) is 2.33. The summed E-state index contributed by atoms with van der Waals surface area (Å²) < 4.78 is 0. The third kappa shape index (κ3) is 4.82. The Morgan fingerprint density at radius 1 is 1.32 bits per heavy atom. The largest absolute Gasteiger partial charge is 0.481 e. The highest BCUT2D eigenvalue weighted by molar-refractivity contribution is 7.98. The highest BCUT2D eigenvalue weighted by Gasteiger charge is 2.16. The summed E-state index contributed by atoms with van der Waals surface area (Å²) >= 11 is 1.83. The molecule has 1 aromatic rings. The molecule has 1 heterocycles. The summed E-state index contributed by atoms with van der Waals surface area (Å²) in [7, 11) is 0. The minimum absolute atomic E-state index is 0.402. The number of aromatic nitrogens is 2. The summed E-state index contributed by atoms with van der Waals surface area (Å²) in [6.07, 6.45) is 1.65. The summed E-state index contributed by atoms with van der Waals surface area (Å²) in [5, 5.41) is 8.98. The standard InChI is InChI=1S/C14H22N2O2S/c1-5-6-19-8-13-15-10(3)12(11(4)16-13)7-9(2)14(17)18/h9H,5-8H2,1-4H3,(H,17,18). The Bertz CT molecular complexity index is 426. The molecule has 19 heavy (non-hydrogen) atoms. The van der Waals surface area contributed by atoms with Gasteiger partial charge in [0.15, 0.2) is 0 Å². The molecule has 0 spiro atoms. The van der Waals surface area contributed by atoms with Crippen molar-refractivity contribution < 1.29 is 9.90 Å². The van der Waals surface area contributed by atoms with Crippen molar-refractivity contribution in [3.05, 3.63) is 22.8 Å². The summed E-state index contributed by atoms with van der Waals surface area (Å²) in [5.41, 5.74) is 2.79. The Balaban J connectivity index is 2.82. The van der Waals surface area contributed by atoms with Crippen LogP contribution in [0, 0.1) is 19.8 Å². The lowest BCUT2D eigenvalue weighted by atomic mass is 9.99. The van der Waals surface area contributed by atoms with Crippen LogP contribution in [0.25, 0.3) is 0 Å². The van der Waals surface area contributed by atoms with Gasteiger partial charge in [0.2, 0.25) is 0 Å². The van der Waals surface area contributed by atoms with E-state index in [1.165, 1.54) is 0 Å². The predicted molar refractivity (Wildman–Crippen MR) is 78.5 cm³/mol. The molecule has 0 aliphatic rings. The van der Waals surface area contributed by atoms with Crippen molar-refractivity contribution in [2.45, 2.75) is 46.3 Å². The molecule has 1 unspecified atom stereocenters. The van der Waals surface area contributed by atoms with Gasteiger partial charge in [-0.15, -0.1) is 0 Å². The van der Waals surface area contributed by atoms with Crippen LogP contribution in [0.5, 0.6) is 0 Å². The molecule has 0 aromatic carbocycles. The van der Waals surface area contributed by atoms with Gasteiger partial charge in [-0.1, -0.05) is 13.8 Å². The lowest BCUT2D eigenvalue weighted by Gasteiger charge is -2.13. The molecule has 5 heteroatoms. The van der Waals surface area contributed by atoms with Crippen molar-refractivity contribution >= 4 is 17.7 Å². The van der Waals surface area contributed by atoms with Crippen LogP contribution in [0.3, 0.4) is 0 Å². The zero-order chi connectivity index (χ0) is 14.4. The molecular weight excluding hydrogens is 260 g/mol. The number of rotatable bonds is 7. The van der Waals surface area contributed by atoms with Crippen molar-refractivity contribution in [1.82, 2.24) is 9.97 Å². The van der Waals surface area contributed by atoms with Gasteiger partial charge in [-0.2, -0.15) is 11.8 Å². The van der Waals surface area contributed by atoms with Crippen LogP contribution in [0.4, 0.5) is 0 Å². The number of hydrogen-bond donors (Lipinski definition) is 1. The lowest BCUT2D eigenvalue weighted by Crippen LogP contribution is -2.15. The van der Waals surface area contributed by atoms with Crippen LogP contribution >= 0.6 is 11.8 Å². The van der Waals surface area contributed by atoms with E-state index in [9.17, 15) is 4.79 Å². The second-order valence-electron chi connectivity index (χ2n) is 4.79. The molecule has 0 amide bonds. The van der Waals surface area contributed by atoms with Gasteiger partial charge in [0, 0.05) is 11.4 Å². The normalized spacial score (nSPS) is 12.4. The Kier molecular flexibility index (Phi) is 6.28. The fourth-order valence-electron chi connectivity index (χ4n) is 1.87. The highest BCUT2D eigenvalue weighted by atomic mass is 32.2. The summed E-state index contributed by atoms with van der Waals surface area (Å²) in [5.74, 6) is 1.60. The second-order valence-corrected chi connectivity index (χ2v) is 5.89. The quantitative estimate of drug-likeness (QED) is 0.779. The molecule has 4 nitrogen and oxygen atoms in total. The van der Waals surface area contributed by atoms with Crippen LogP contribution in [0.1, 0.15) is 43.0 Å². The van der Waals surface area contributed by atoms with Crippen LogP contribution in [-0.2, 0) is 17.0 Å². The van der Waals surface area contributed by atoms with E-state index in [2.05, 4.69) is 16.9 Å². The number of hydrogen-bond acceptors (Lipinski definition) is 4. The molecule has 0 saturated heterocycles. The molecule has 0 bridgehead atoms. The van der Waals surface area contributed by atoms with Gasteiger partial charge in [-0.05, 0) is 38.0 Å². The maximum Gasteiger partial charge on any atom is 0.306 e. The third-order valence-electron chi connectivity index (χ3n) is 2.98. The highest BCUT2D eigenvalue weighted by Crippen LogP contribution is 2.18. The Morgan fingerprint density at radius 2 is 1.89 bits per heavy atom. The molecular formula is C14H22N2O2S. The third-order valence-corrected chi connectivity index (χ3v) is 4.14. The van der Waals surface area contributed by atoms with Crippen molar-refractivity contribution in [2.75, 3.05) is 5.75 Å². The Labute approximate surface area is 119 Å². The first kappa shape index (κ1) is 16.0. The Hall–Kier alpha value is -1.10. The van der Waals surface area contributed by atoms with Gasteiger partial charge in [0.05, 0.1) is 11.7 Å². The summed E-state index contributed by atoms with van der Waals surface area (Å²) in [6, 6.07) is 0. The van der Waals surface area contributed by atoms with E-state index in [0.29, 0.717) is 6.42 Å². The van der Waals surface area contributed by atoms with Gasteiger partial charge in [-0.3, -0.25) is 4.79 Å². The number of carboxylic acid groups (broad SMARTS) is 1. The smallest absolute Gasteiger partial charge is 0.306 e. The van der Waals surface area contributed by atoms with E-state index in [4.69, 9.17) is 5.11 Å². The monoisotopic (exact) mass is 282 g/mol. The van der Waals surface area contributed by atoms with Gasteiger partial charge < -0.3 is 5.11 Å². The van der Waals surface area contributed by atoms with E-state index in [0.717, 1.165) is 40.7 Å². The minimum Gasteiger partial charge on any atom is -0.481 e. The number of carboxylic acids is 1. The maximum absolute atomic E-state index is 10.9. The molecule has 106 valence electrons. The van der Waals surface area contributed by atoms with E-state index in [1.807, 2.05) is 25.6 Å². The van der Waals surface area contributed by atoms with E-state index in [1.54, 1.807) is 6.92 Å². The van der Waals surface area contributed by atoms with Crippen LogP contribution < -0.4 is 0 Å². The summed E-state index contributed by atoms with van der Waals surface area (Å²) in [4.78, 5) is 19.9. The molecule has 0 radical (unpaired) electrons. The van der Waals surface area contributed by atoms with Gasteiger partial charge in [0.1, 0.15) is 5.82 Å². The van der Waals surface area contributed by atoms with Gasteiger partial charge >= 0.3 is 5.97 Å². The molecule has 0 aliphatic carbocycles. The first-order valence-corrected chi connectivity index (χ1v) is 7.74. The van der Waals surface area contributed by atoms with Crippen molar-refractivity contribution in [3.63, 3.8) is 0 Å². The number of nitrogens with zero attached hydrogens (tertiary/aromatic N) is 2. The van der Waals surface area contributed by atoms with Crippen molar-refractivity contribution in [1.29, 1.82) is 0 Å². The van der Waals surface area contributed by atoms with E-state index in [-0.39, 0.29) is 0 Å². The molecule has 0 aliphatic heterocycles. The predicted octanol–water partition coefficient (Wildman–Crippen LogP) is 3.00. The second kappa shape index (κ2) is 7.48. The van der Waals surface area contributed by atoms with Crippen LogP contribution in [-0.4, -0.2) is 26.8 Å². The van der Waals surface area contributed by atoms with E-state index < -0.39 is 11.9 Å². The first-order chi connectivity index (χ1) is 8.95. The van der Waals surface area contributed by atoms with E-state index >= 15 is 0 Å². The SMILES string of the molecule is CCCSCc1nc(C)c(CC(C)C(=O)O)c(C)n1. The topological polar surface area (TPSA) is 63.1 Å². The van der Waals surface area contributed by atoms with Gasteiger partial charge in [0.25, 0.3) is 0 Å². The minimum atomic E-state index is -0.777. The van der Waals surface area contributed by atoms with Crippen LogP contribution in [0.2, 0.25) is 0 Å². The molecule has 1 N–H and O–H groups in total. The fourth-order valence-corrected chi connectivity index (χ4v) is 2.61. The molecule has 1 aromatic heterocycles. The first-order valence-electron chi connectivity index (χ1n) is 6.59. The Morgan fingerprint density at radius 3 is 2.37 bits per heavy atom. The average molecular weight is 282 g/mol. The van der Waals surface area contributed by atoms with Crippen molar-refractivity contribution in [2.24, 2.45) is 5.92 Å². The number of carbonyl (C=O) groups is 1. The number of thioether (sulfide) groups is 1. The number of aryl methyl sites for hydroxylation is 2. The molecule has 1 rings (SSSR count). The zero-order valence-corrected chi connectivity index (χ0v) is 12.9.